The van der Waals surface area contributed by atoms with Crippen molar-refractivity contribution in [1.29, 1.82) is 0 Å². The maximum absolute atomic E-state index is 13.4. The van der Waals surface area contributed by atoms with E-state index in [0.29, 0.717) is 0 Å². The molecule has 2 heterocycles. The zero-order valence-corrected chi connectivity index (χ0v) is 14.0. The van der Waals surface area contributed by atoms with Gasteiger partial charge < -0.3 is 14.8 Å². The quantitative estimate of drug-likeness (QED) is 0.822. The highest BCUT2D eigenvalue weighted by Crippen LogP contribution is 2.30. The van der Waals surface area contributed by atoms with E-state index < -0.39 is 23.4 Å². The summed E-state index contributed by atoms with van der Waals surface area (Å²) in [6.45, 7) is 2.13. The molecule has 1 N–H and O–H groups in total. The molecule has 1 saturated heterocycles. The minimum Gasteiger partial charge on any atom is -0.351 e. The van der Waals surface area contributed by atoms with Gasteiger partial charge in [-0.1, -0.05) is 0 Å². The molecule has 0 radical (unpaired) electrons. The zero-order valence-electron chi connectivity index (χ0n) is 14.0. The molecule has 1 unspecified atom stereocenters. The molecule has 1 aliphatic heterocycles. The predicted molar refractivity (Wildman–Crippen MR) is 85.1 cm³/mol. The van der Waals surface area contributed by atoms with Gasteiger partial charge in [-0.2, -0.15) is 0 Å². The number of imidazole rings is 1. The van der Waals surface area contributed by atoms with Crippen LogP contribution in [0.4, 0.5) is 13.2 Å². The van der Waals surface area contributed by atoms with Gasteiger partial charge in [0.2, 0.25) is 11.8 Å². The fraction of sp³-hybridized carbons (Fsp3) is 0.353. The summed E-state index contributed by atoms with van der Waals surface area (Å²) >= 11 is 0. The molecule has 1 fully saturated rings. The summed E-state index contributed by atoms with van der Waals surface area (Å²) in [6.07, 6.45) is 3.20. The van der Waals surface area contributed by atoms with Crippen LogP contribution in [0.5, 0.6) is 0 Å². The molecule has 0 spiro atoms. The lowest BCUT2D eigenvalue weighted by Gasteiger charge is -2.19. The highest BCUT2D eigenvalue weighted by atomic mass is 19.2. The van der Waals surface area contributed by atoms with E-state index in [1.54, 1.807) is 10.8 Å². The van der Waals surface area contributed by atoms with E-state index in [9.17, 15) is 22.8 Å². The van der Waals surface area contributed by atoms with Crippen LogP contribution in [-0.4, -0.2) is 32.8 Å². The number of halogens is 3. The largest absolute Gasteiger partial charge is 0.351 e. The standard InChI is InChI=1S/C17H17F3N4O2/c1-10(25)22-6-13-5-21-8-24(13)9-23-7-12(4-16(23)26)11-2-14(18)17(20)15(19)3-11/h2-3,5,8,12H,4,6-7,9H2,1H3,(H,22,25). The summed E-state index contributed by atoms with van der Waals surface area (Å²) < 4.78 is 41.7. The molecule has 26 heavy (non-hydrogen) atoms. The Bertz CT molecular complexity index is 829. The molecule has 0 bridgehead atoms. The molecular formula is C17H17F3N4O2. The predicted octanol–water partition coefficient (Wildman–Crippen LogP) is 1.91. The summed E-state index contributed by atoms with van der Waals surface area (Å²) in [5.74, 6) is -4.84. The summed E-state index contributed by atoms with van der Waals surface area (Å²) in [7, 11) is 0. The molecule has 0 saturated carbocycles. The zero-order chi connectivity index (χ0) is 18.8. The van der Waals surface area contributed by atoms with Crippen molar-refractivity contribution in [3.63, 3.8) is 0 Å². The van der Waals surface area contributed by atoms with Crippen LogP contribution in [-0.2, 0) is 22.8 Å². The van der Waals surface area contributed by atoms with E-state index in [2.05, 4.69) is 10.3 Å². The second-order valence-electron chi connectivity index (χ2n) is 6.22. The van der Waals surface area contributed by atoms with Crippen LogP contribution in [0.2, 0.25) is 0 Å². The van der Waals surface area contributed by atoms with Gasteiger partial charge in [-0.15, -0.1) is 0 Å². The average Bonchev–Trinajstić information content (AvgIpc) is 3.17. The third-order valence-electron chi connectivity index (χ3n) is 4.33. The number of nitrogens with one attached hydrogen (secondary N) is 1. The van der Waals surface area contributed by atoms with Gasteiger partial charge in [0.1, 0.15) is 0 Å². The van der Waals surface area contributed by atoms with Crippen molar-refractivity contribution in [2.45, 2.75) is 32.5 Å². The second-order valence-corrected chi connectivity index (χ2v) is 6.22. The van der Waals surface area contributed by atoms with E-state index >= 15 is 0 Å². The minimum atomic E-state index is -1.52. The first kappa shape index (κ1) is 18.0. The van der Waals surface area contributed by atoms with Crippen molar-refractivity contribution in [3.8, 4) is 0 Å². The monoisotopic (exact) mass is 366 g/mol. The Kier molecular flexibility index (Phi) is 4.97. The fourth-order valence-electron chi connectivity index (χ4n) is 2.96. The molecule has 3 rings (SSSR count). The minimum absolute atomic E-state index is 0.0836. The van der Waals surface area contributed by atoms with Crippen LogP contribution in [0.15, 0.2) is 24.7 Å². The van der Waals surface area contributed by atoms with Gasteiger partial charge in [0.05, 0.1) is 25.2 Å². The Morgan fingerprint density at radius 3 is 2.65 bits per heavy atom. The Balaban J connectivity index is 1.71. The third kappa shape index (κ3) is 3.71. The lowest BCUT2D eigenvalue weighted by molar-refractivity contribution is -0.129. The lowest BCUT2D eigenvalue weighted by Crippen LogP contribution is -2.29. The van der Waals surface area contributed by atoms with Gasteiger partial charge in [0.15, 0.2) is 17.5 Å². The molecule has 0 aliphatic carbocycles. The van der Waals surface area contributed by atoms with Crippen LogP contribution in [0.25, 0.3) is 0 Å². The van der Waals surface area contributed by atoms with E-state index in [0.717, 1.165) is 17.8 Å². The number of aromatic nitrogens is 2. The van der Waals surface area contributed by atoms with Crippen molar-refractivity contribution >= 4 is 11.8 Å². The van der Waals surface area contributed by atoms with Crippen molar-refractivity contribution in [1.82, 2.24) is 19.8 Å². The normalized spacial score (nSPS) is 17.0. The van der Waals surface area contributed by atoms with Gasteiger partial charge in [0.25, 0.3) is 0 Å². The van der Waals surface area contributed by atoms with Gasteiger partial charge in [-0.05, 0) is 17.7 Å². The van der Waals surface area contributed by atoms with Crippen LogP contribution in [0, 0.1) is 17.5 Å². The lowest BCUT2D eigenvalue weighted by atomic mass is 9.98. The Labute approximate surface area is 147 Å². The molecule has 6 nitrogen and oxygen atoms in total. The van der Waals surface area contributed by atoms with Crippen molar-refractivity contribution in [2.75, 3.05) is 6.54 Å². The first-order chi connectivity index (χ1) is 12.3. The highest BCUT2D eigenvalue weighted by Gasteiger charge is 2.32. The smallest absolute Gasteiger partial charge is 0.224 e. The number of carbonyl (C=O) groups is 2. The first-order valence-corrected chi connectivity index (χ1v) is 8.00. The van der Waals surface area contributed by atoms with Crippen LogP contribution >= 0.6 is 0 Å². The van der Waals surface area contributed by atoms with Crippen LogP contribution in [0.3, 0.4) is 0 Å². The molecular weight excluding hydrogens is 349 g/mol. The Morgan fingerprint density at radius 2 is 2.00 bits per heavy atom. The maximum Gasteiger partial charge on any atom is 0.224 e. The molecule has 138 valence electrons. The van der Waals surface area contributed by atoms with Gasteiger partial charge in [-0.3, -0.25) is 9.59 Å². The van der Waals surface area contributed by atoms with Gasteiger partial charge >= 0.3 is 0 Å². The molecule has 1 aromatic carbocycles. The summed E-state index contributed by atoms with van der Waals surface area (Å²) in [6, 6.07) is 1.86. The van der Waals surface area contributed by atoms with E-state index in [4.69, 9.17) is 0 Å². The Morgan fingerprint density at radius 1 is 1.31 bits per heavy atom. The average molecular weight is 366 g/mol. The van der Waals surface area contributed by atoms with Gasteiger partial charge in [0, 0.05) is 32.0 Å². The number of amides is 2. The highest BCUT2D eigenvalue weighted by molar-refractivity contribution is 5.79. The molecule has 1 aromatic heterocycles. The summed E-state index contributed by atoms with van der Waals surface area (Å²) in [5, 5.41) is 2.65. The third-order valence-corrected chi connectivity index (χ3v) is 4.33. The number of hydrogen-bond acceptors (Lipinski definition) is 3. The van der Waals surface area contributed by atoms with Crippen LogP contribution in [0.1, 0.15) is 30.5 Å². The van der Waals surface area contributed by atoms with E-state index in [1.165, 1.54) is 18.2 Å². The van der Waals surface area contributed by atoms with Crippen molar-refractivity contribution in [2.24, 2.45) is 0 Å². The maximum atomic E-state index is 13.4. The van der Waals surface area contributed by atoms with Gasteiger partial charge in [-0.25, -0.2) is 18.2 Å². The van der Waals surface area contributed by atoms with Crippen molar-refractivity contribution in [3.05, 3.63) is 53.4 Å². The number of carbonyl (C=O) groups excluding carboxylic acids is 2. The summed E-state index contributed by atoms with van der Waals surface area (Å²) in [4.78, 5) is 28.8. The number of benzene rings is 1. The van der Waals surface area contributed by atoms with Crippen LogP contribution < -0.4 is 5.32 Å². The van der Waals surface area contributed by atoms with Crippen molar-refractivity contribution < 1.29 is 22.8 Å². The van der Waals surface area contributed by atoms with E-state index in [-0.39, 0.29) is 43.6 Å². The second kappa shape index (κ2) is 7.19. The summed E-state index contributed by atoms with van der Waals surface area (Å²) in [5.41, 5.74) is 0.969. The molecule has 9 heteroatoms. The first-order valence-electron chi connectivity index (χ1n) is 8.00. The number of hydrogen-bond donors (Lipinski definition) is 1. The van der Waals surface area contributed by atoms with E-state index in [1.807, 2.05) is 0 Å². The molecule has 2 aromatic rings. The Hall–Kier alpha value is -2.84. The SMILES string of the molecule is CC(=O)NCc1cncn1CN1CC(c2cc(F)c(F)c(F)c2)CC1=O. The molecule has 2 amide bonds. The molecule has 1 atom stereocenters. The fourth-order valence-corrected chi connectivity index (χ4v) is 2.96. The topological polar surface area (TPSA) is 67.2 Å². The number of nitrogens with zero attached hydrogens (tertiary/aromatic N) is 3. The number of likely N-dealkylation sites (tertiary alicyclic amines) is 1. The molecule has 1 aliphatic rings. The number of rotatable bonds is 5.